The number of nitrogens with one attached hydrogen (secondary N) is 2. The first-order chi connectivity index (χ1) is 15.5. The number of rotatable bonds is 3. The van der Waals surface area contributed by atoms with E-state index in [1.54, 1.807) is 59.9 Å². The highest BCUT2D eigenvalue weighted by Gasteiger charge is 2.24. The van der Waals surface area contributed by atoms with Gasteiger partial charge in [-0.25, -0.2) is 23.0 Å². The summed E-state index contributed by atoms with van der Waals surface area (Å²) >= 11 is 0. The predicted molar refractivity (Wildman–Crippen MR) is 130 cm³/mol. The second-order valence-corrected chi connectivity index (χ2v) is 11.7. The highest BCUT2D eigenvalue weighted by molar-refractivity contribution is 7.88. The van der Waals surface area contributed by atoms with Gasteiger partial charge in [-0.1, -0.05) is 0 Å². The molecule has 0 bridgehead atoms. The maximum absolute atomic E-state index is 12.2. The van der Waals surface area contributed by atoms with Gasteiger partial charge < -0.3 is 19.7 Å². The van der Waals surface area contributed by atoms with Gasteiger partial charge in [0.1, 0.15) is 17.0 Å². The number of piperazine rings is 1. The van der Waals surface area contributed by atoms with Gasteiger partial charge in [-0.3, -0.25) is 5.32 Å². The molecular weight excluding hydrogens is 464 g/mol. The van der Waals surface area contributed by atoms with Crippen molar-refractivity contribution in [3.8, 4) is 0 Å². The van der Waals surface area contributed by atoms with Gasteiger partial charge in [0, 0.05) is 26.2 Å². The Hall–Kier alpha value is -2.93. The van der Waals surface area contributed by atoms with Gasteiger partial charge in [0.2, 0.25) is 16.0 Å². The smallest absolute Gasteiger partial charge is 0.437 e. The molecule has 1 aromatic rings. The molecule has 1 aliphatic rings. The first-order valence-electron chi connectivity index (χ1n) is 10.8. The van der Waals surface area contributed by atoms with Crippen LogP contribution in [0.3, 0.4) is 0 Å². The molecule has 0 atom stereocenters. The number of hydrogen-bond acceptors (Lipinski definition) is 8. The van der Waals surface area contributed by atoms with Crippen molar-refractivity contribution < 1.29 is 27.5 Å². The van der Waals surface area contributed by atoms with E-state index in [2.05, 4.69) is 20.6 Å². The van der Waals surface area contributed by atoms with E-state index in [-0.39, 0.29) is 5.96 Å². The number of hydrogen-bond donors (Lipinski definition) is 2. The predicted octanol–water partition coefficient (Wildman–Crippen LogP) is 2.39. The number of guanidine groups is 1. The molecule has 0 unspecified atom stereocenters. The van der Waals surface area contributed by atoms with E-state index >= 15 is 0 Å². The molecule has 0 saturated carbocycles. The SMILES string of the molecule is CC(C)(C)OC(=O)N=C(NC(=O)OC(C)(C)C)Nc1ccc(N2CCN(S(C)(=O)=O)CC2)cn1. The first-order valence-corrected chi connectivity index (χ1v) is 12.6. The van der Waals surface area contributed by atoms with Gasteiger partial charge in [-0.05, 0) is 53.7 Å². The van der Waals surface area contributed by atoms with Gasteiger partial charge in [0.05, 0.1) is 18.1 Å². The van der Waals surface area contributed by atoms with Crippen LogP contribution in [0.1, 0.15) is 41.5 Å². The van der Waals surface area contributed by atoms with Crippen LogP contribution in [0.4, 0.5) is 21.1 Å². The molecule has 0 aromatic carbocycles. The Bertz CT molecular complexity index is 1000. The van der Waals surface area contributed by atoms with E-state index in [0.717, 1.165) is 5.69 Å². The maximum atomic E-state index is 12.2. The minimum absolute atomic E-state index is 0.203. The van der Waals surface area contributed by atoms with E-state index in [9.17, 15) is 18.0 Å². The number of pyridine rings is 1. The molecule has 1 saturated heterocycles. The molecule has 1 aromatic heterocycles. The van der Waals surface area contributed by atoms with Crippen LogP contribution < -0.4 is 15.5 Å². The lowest BCUT2D eigenvalue weighted by Gasteiger charge is -2.34. The lowest BCUT2D eigenvalue weighted by Crippen LogP contribution is -2.48. The molecule has 13 heteroatoms. The van der Waals surface area contributed by atoms with Crippen LogP contribution in [0.25, 0.3) is 0 Å². The van der Waals surface area contributed by atoms with Crippen molar-refractivity contribution >= 4 is 39.7 Å². The van der Waals surface area contributed by atoms with E-state index < -0.39 is 33.4 Å². The Balaban J connectivity index is 2.11. The second kappa shape index (κ2) is 10.6. The molecule has 0 spiro atoms. The summed E-state index contributed by atoms with van der Waals surface area (Å²) in [5.41, 5.74) is -0.703. The normalized spacial score (nSPS) is 16.1. The maximum Gasteiger partial charge on any atom is 0.437 e. The van der Waals surface area contributed by atoms with Crippen LogP contribution in [0.15, 0.2) is 23.3 Å². The molecule has 2 amide bonds. The fourth-order valence-corrected chi connectivity index (χ4v) is 3.74. The standard InChI is InChI=1S/C21H34N6O6S/c1-20(2,3)32-18(28)24-17(25-19(29)33-21(4,5)6)23-16-9-8-15(14-22-16)26-10-12-27(13-11-26)34(7,30)31/h8-9,14H,10-13H2,1-7H3,(H2,22,23,24,25,28,29). The third kappa shape index (κ3) is 9.51. The zero-order valence-corrected chi connectivity index (χ0v) is 21.5. The van der Waals surface area contributed by atoms with Crippen molar-refractivity contribution in [3.63, 3.8) is 0 Å². The van der Waals surface area contributed by atoms with Crippen molar-refractivity contribution in [2.24, 2.45) is 4.99 Å². The van der Waals surface area contributed by atoms with Crippen LogP contribution in [0.5, 0.6) is 0 Å². The Kier molecular flexibility index (Phi) is 8.48. The summed E-state index contributed by atoms with van der Waals surface area (Å²) in [4.78, 5) is 34.5. The summed E-state index contributed by atoms with van der Waals surface area (Å²) in [6, 6.07) is 3.45. The zero-order valence-electron chi connectivity index (χ0n) is 20.7. The first kappa shape index (κ1) is 27.3. The molecular formula is C21H34N6O6S. The minimum atomic E-state index is -3.21. The van der Waals surface area contributed by atoms with Crippen LogP contribution in [-0.4, -0.2) is 79.5 Å². The molecule has 2 heterocycles. The van der Waals surface area contributed by atoms with Crippen molar-refractivity contribution in [3.05, 3.63) is 18.3 Å². The second-order valence-electron chi connectivity index (χ2n) is 9.74. The molecule has 12 nitrogen and oxygen atoms in total. The monoisotopic (exact) mass is 498 g/mol. The van der Waals surface area contributed by atoms with Crippen LogP contribution in [0.2, 0.25) is 0 Å². The van der Waals surface area contributed by atoms with Crippen molar-refractivity contribution in [2.75, 3.05) is 42.7 Å². The molecule has 190 valence electrons. The van der Waals surface area contributed by atoms with Gasteiger partial charge in [0.15, 0.2) is 0 Å². The highest BCUT2D eigenvalue weighted by atomic mass is 32.2. The number of ether oxygens (including phenoxy) is 2. The molecule has 2 N–H and O–H groups in total. The Labute approximate surface area is 200 Å². The number of anilines is 2. The quantitative estimate of drug-likeness (QED) is 0.474. The highest BCUT2D eigenvalue weighted by Crippen LogP contribution is 2.18. The molecule has 0 aliphatic carbocycles. The number of carbonyl (C=O) groups excluding carboxylic acids is 2. The van der Waals surface area contributed by atoms with Crippen molar-refractivity contribution in [1.82, 2.24) is 14.6 Å². The van der Waals surface area contributed by atoms with Gasteiger partial charge in [-0.2, -0.15) is 4.31 Å². The average Bonchev–Trinajstić information content (AvgIpc) is 2.65. The van der Waals surface area contributed by atoms with E-state index in [1.165, 1.54) is 10.6 Å². The number of alkyl carbamates (subject to hydrolysis) is 1. The topological polar surface area (TPSA) is 143 Å². The van der Waals surface area contributed by atoms with Crippen LogP contribution in [0, 0.1) is 0 Å². The average molecular weight is 499 g/mol. The fourth-order valence-electron chi connectivity index (χ4n) is 2.91. The molecule has 1 fully saturated rings. The summed E-state index contributed by atoms with van der Waals surface area (Å²) in [7, 11) is -3.21. The van der Waals surface area contributed by atoms with Gasteiger partial charge in [-0.15, -0.1) is 4.99 Å². The summed E-state index contributed by atoms with van der Waals surface area (Å²) < 4.78 is 35.2. The number of amides is 2. The lowest BCUT2D eigenvalue weighted by molar-refractivity contribution is 0.0562. The molecule has 34 heavy (non-hydrogen) atoms. The van der Waals surface area contributed by atoms with Crippen LogP contribution in [-0.2, 0) is 19.5 Å². The largest absolute Gasteiger partial charge is 0.444 e. The van der Waals surface area contributed by atoms with E-state index in [0.29, 0.717) is 32.0 Å². The Morgan fingerprint density at radius 3 is 2.06 bits per heavy atom. The summed E-state index contributed by atoms with van der Waals surface area (Å²) in [6.07, 6.45) is 1.11. The number of aliphatic imine (C=N–C) groups is 1. The van der Waals surface area contributed by atoms with E-state index in [4.69, 9.17) is 9.47 Å². The third-order valence-electron chi connectivity index (χ3n) is 4.28. The van der Waals surface area contributed by atoms with Gasteiger partial charge >= 0.3 is 12.2 Å². The minimum Gasteiger partial charge on any atom is -0.444 e. The van der Waals surface area contributed by atoms with Crippen LogP contribution >= 0.6 is 0 Å². The number of nitrogens with zero attached hydrogens (tertiary/aromatic N) is 4. The lowest BCUT2D eigenvalue weighted by atomic mass is 10.2. The summed E-state index contributed by atoms with van der Waals surface area (Å²) in [5, 5.41) is 5.19. The number of aromatic nitrogens is 1. The summed E-state index contributed by atoms with van der Waals surface area (Å²) in [6.45, 7) is 12.1. The third-order valence-corrected chi connectivity index (χ3v) is 5.59. The Morgan fingerprint density at radius 1 is 1.00 bits per heavy atom. The van der Waals surface area contributed by atoms with E-state index in [1.807, 2.05) is 4.90 Å². The molecule has 0 radical (unpaired) electrons. The van der Waals surface area contributed by atoms with Crippen molar-refractivity contribution in [2.45, 2.75) is 52.7 Å². The summed E-state index contributed by atoms with van der Waals surface area (Å²) in [5.74, 6) is 0.113. The number of sulfonamides is 1. The Morgan fingerprint density at radius 2 is 1.59 bits per heavy atom. The number of carbonyl (C=O) groups is 2. The molecule has 2 rings (SSSR count). The zero-order chi connectivity index (χ0) is 25.7. The fraction of sp³-hybridized carbons (Fsp3) is 0.619. The van der Waals surface area contributed by atoms with Gasteiger partial charge in [0.25, 0.3) is 0 Å². The molecule has 1 aliphatic heterocycles. The van der Waals surface area contributed by atoms with Crippen molar-refractivity contribution in [1.29, 1.82) is 0 Å².